The first-order chi connectivity index (χ1) is 16.4. The smallest absolute Gasteiger partial charge is 0.322 e. The Hall–Kier alpha value is -3.10. The van der Waals surface area contributed by atoms with E-state index < -0.39 is 0 Å². The zero-order valence-corrected chi connectivity index (χ0v) is 20.3. The fourth-order valence-electron chi connectivity index (χ4n) is 4.28. The van der Waals surface area contributed by atoms with Crippen molar-refractivity contribution in [2.45, 2.75) is 27.2 Å². The number of pyridine rings is 1. The molecule has 2 amide bonds. The topological polar surface area (TPSA) is 87.2 Å². The highest BCUT2D eigenvalue weighted by Gasteiger charge is 2.22. The number of benzene rings is 1. The number of urea groups is 1. The Bertz CT molecular complexity index is 1060. The minimum absolute atomic E-state index is 0.0791. The molecule has 3 heterocycles. The van der Waals surface area contributed by atoms with Gasteiger partial charge in [0.05, 0.1) is 19.8 Å². The highest BCUT2D eigenvalue weighted by molar-refractivity contribution is 5.91. The Kier molecular flexibility index (Phi) is 7.70. The Balaban J connectivity index is 1.60. The molecule has 2 aliphatic heterocycles. The normalized spacial score (nSPS) is 16.1. The Morgan fingerprint density at radius 3 is 2.68 bits per heavy atom. The Morgan fingerprint density at radius 2 is 1.97 bits per heavy atom. The van der Waals surface area contributed by atoms with Crippen LogP contribution in [0.25, 0.3) is 11.1 Å². The van der Waals surface area contributed by atoms with Gasteiger partial charge in [0.15, 0.2) is 0 Å². The quantitative estimate of drug-likeness (QED) is 0.629. The van der Waals surface area contributed by atoms with Crippen LogP contribution in [0.5, 0.6) is 5.88 Å². The zero-order chi connectivity index (χ0) is 24.1. The maximum absolute atomic E-state index is 12.9. The summed E-state index contributed by atoms with van der Waals surface area (Å²) in [5.74, 6) is 1.28. The standard InChI is InChI=1S/C26H34N4O4/c1-18(2)20-6-7-30(17-20)26(32)27-22-5-4-19(3)23(16-22)21-14-24(29-8-11-33-12-9-29)28-25(15-21)34-13-10-31/h4-5,14-16,31H,6-13,17H2,1-3H3,(H,27,32). The number of hydrogen-bond acceptors (Lipinski definition) is 6. The van der Waals surface area contributed by atoms with E-state index in [2.05, 4.69) is 29.0 Å². The summed E-state index contributed by atoms with van der Waals surface area (Å²) < 4.78 is 11.2. The molecule has 8 heteroatoms. The number of amides is 2. The highest BCUT2D eigenvalue weighted by atomic mass is 16.5. The number of ether oxygens (including phenoxy) is 2. The van der Waals surface area contributed by atoms with Crippen LogP contribution in [0.2, 0.25) is 0 Å². The average Bonchev–Trinajstić information content (AvgIpc) is 3.35. The van der Waals surface area contributed by atoms with Crippen molar-refractivity contribution in [1.82, 2.24) is 9.88 Å². The van der Waals surface area contributed by atoms with Crippen LogP contribution < -0.4 is 15.0 Å². The van der Waals surface area contributed by atoms with Crippen molar-refractivity contribution >= 4 is 17.5 Å². The van der Waals surface area contributed by atoms with Gasteiger partial charge >= 0.3 is 6.03 Å². The second-order valence-electron chi connectivity index (χ2n) is 8.96. The molecule has 8 nitrogen and oxygen atoms in total. The second kappa shape index (κ2) is 10.9. The number of aromatic nitrogens is 1. The minimum Gasteiger partial charge on any atom is -0.475 e. The number of anilines is 2. The molecule has 2 fully saturated rings. The summed E-state index contributed by atoms with van der Waals surface area (Å²) in [6, 6.07) is 9.80. The molecule has 182 valence electrons. The van der Waals surface area contributed by atoms with Crippen molar-refractivity contribution in [2.24, 2.45) is 0 Å². The molecule has 1 aromatic carbocycles. The lowest BCUT2D eigenvalue weighted by Crippen LogP contribution is -2.36. The van der Waals surface area contributed by atoms with Gasteiger partial charge in [-0.2, -0.15) is 4.98 Å². The van der Waals surface area contributed by atoms with Gasteiger partial charge in [0.2, 0.25) is 5.88 Å². The maximum atomic E-state index is 12.9. The van der Waals surface area contributed by atoms with Crippen LogP contribution >= 0.6 is 0 Å². The monoisotopic (exact) mass is 466 g/mol. The average molecular weight is 467 g/mol. The van der Waals surface area contributed by atoms with Crippen molar-refractivity contribution < 1.29 is 19.4 Å². The third-order valence-electron chi connectivity index (χ3n) is 6.32. The minimum atomic E-state index is -0.0817. The van der Waals surface area contributed by atoms with Gasteiger partial charge in [-0.1, -0.05) is 17.2 Å². The van der Waals surface area contributed by atoms with E-state index in [1.165, 1.54) is 11.1 Å². The number of morpholine rings is 1. The number of aliphatic hydroxyl groups excluding tert-OH is 1. The molecule has 2 N–H and O–H groups in total. The summed E-state index contributed by atoms with van der Waals surface area (Å²) in [4.78, 5) is 21.5. The van der Waals surface area contributed by atoms with Crippen LogP contribution in [0.4, 0.5) is 16.3 Å². The number of carbonyl (C=O) groups excluding carboxylic acids is 1. The van der Waals surface area contributed by atoms with Gasteiger partial charge < -0.3 is 29.7 Å². The third kappa shape index (κ3) is 5.69. The highest BCUT2D eigenvalue weighted by Crippen LogP contribution is 2.32. The van der Waals surface area contributed by atoms with E-state index in [-0.39, 0.29) is 19.2 Å². The molecule has 2 aromatic rings. The Labute approximate surface area is 201 Å². The van der Waals surface area contributed by atoms with E-state index in [0.29, 0.717) is 25.6 Å². The second-order valence-corrected chi connectivity index (χ2v) is 8.96. The van der Waals surface area contributed by atoms with Crippen LogP contribution in [0.1, 0.15) is 25.8 Å². The first kappa shape index (κ1) is 24.0. The van der Waals surface area contributed by atoms with Crippen molar-refractivity contribution in [3.63, 3.8) is 0 Å². The van der Waals surface area contributed by atoms with E-state index >= 15 is 0 Å². The first-order valence-electron chi connectivity index (χ1n) is 11.8. The van der Waals surface area contributed by atoms with Gasteiger partial charge in [-0.3, -0.25) is 0 Å². The summed E-state index contributed by atoms with van der Waals surface area (Å²) in [5.41, 5.74) is 6.40. The van der Waals surface area contributed by atoms with E-state index in [0.717, 1.165) is 54.3 Å². The van der Waals surface area contributed by atoms with Gasteiger partial charge in [0.1, 0.15) is 12.4 Å². The number of carbonyl (C=O) groups is 1. The molecule has 0 radical (unpaired) electrons. The van der Waals surface area contributed by atoms with Crippen LogP contribution in [0, 0.1) is 6.92 Å². The lowest BCUT2D eigenvalue weighted by Gasteiger charge is -2.28. The van der Waals surface area contributed by atoms with Crippen LogP contribution in [-0.4, -0.2) is 73.6 Å². The van der Waals surface area contributed by atoms with Crippen molar-refractivity contribution in [3.8, 4) is 17.0 Å². The van der Waals surface area contributed by atoms with Gasteiger partial charge in [-0.05, 0) is 62.1 Å². The largest absolute Gasteiger partial charge is 0.475 e. The molecular weight excluding hydrogens is 432 g/mol. The summed E-state index contributed by atoms with van der Waals surface area (Å²) in [6.07, 6.45) is 0.937. The van der Waals surface area contributed by atoms with E-state index in [9.17, 15) is 9.90 Å². The Morgan fingerprint density at radius 1 is 1.18 bits per heavy atom. The molecule has 4 rings (SSSR count). The number of rotatable bonds is 6. The lowest BCUT2D eigenvalue weighted by molar-refractivity contribution is 0.122. The molecule has 0 atom stereocenters. The molecule has 1 aromatic heterocycles. The zero-order valence-electron chi connectivity index (χ0n) is 20.3. The van der Waals surface area contributed by atoms with Gasteiger partial charge in [-0.25, -0.2) is 4.79 Å². The molecule has 34 heavy (non-hydrogen) atoms. The summed E-state index contributed by atoms with van der Waals surface area (Å²) in [7, 11) is 0. The van der Waals surface area contributed by atoms with Gasteiger partial charge in [0.25, 0.3) is 0 Å². The molecule has 2 aliphatic rings. The van der Waals surface area contributed by atoms with Gasteiger partial charge in [-0.15, -0.1) is 0 Å². The summed E-state index contributed by atoms with van der Waals surface area (Å²) in [6.45, 7) is 10.6. The number of allylic oxidation sites excluding steroid dienone is 1. The lowest BCUT2D eigenvalue weighted by atomic mass is 10.0. The van der Waals surface area contributed by atoms with Crippen LogP contribution in [0.3, 0.4) is 0 Å². The molecule has 0 aliphatic carbocycles. The fourth-order valence-corrected chi connectivity index (χ4v) is 4.28. The summed E-state index contributed by atoms with van der Waals surface area (Å²) >= 11 is 0. The maximum Gasteiger partial charge on any atom is 0.322 e. The van der Waals surface area contributed by atoms with Crippen LogP contribution in [-0.2, 0) is 4.74 Å². The van der Waals surface area contributed by atoms with Crippen LogP contribution in [0.15, 0.2) is 41.5 Å². The van der Waals surface area contributed by atoms with Gasteiger partial charge in [0, 0.05) is 37.9 Å². The van der Waals surface area contributed by atoms with E-state index in [4.69, 9.17) is 9.47 Å². The van der Waals surface area contributed by atoms with Crippen molar-refractivity contribution in [1.29, 1.82) is 0 Å². The molecule has 0 bridgehead atoms. The number of hydrogen-bond donors (Lipinski definition) is 2. The molecule has 0 spiro atoms. The van der Waals surface area contributed by atoms with Crippen molar-refractivity contribution in [2.75, 3.05) is 62.8 Å². The third-order valence-corrected chi connectivity index (χ3v) is 6.32. The number of likely N-dealkylation sites (tertiary alicyclic amines) is 1. The number of nitrogens with one attached hydrogen (secondary N) is 1. The fraction of sp³-hybridized carbons (Fsp3) is 0.462. The number of nitrogens with zero attached hydrogens (tertiary/aromatic N) is 3. The predicted molar refractivity (Wildman–Crippen MR) is 134 cm³/mol. The number of aliphatic hydroxyl groups is 1. The first-order valence-corrected chi connectivity index (χ1v) is 11.8. The molecular formula is C26H34N4O4. The molecule has 0 saturated carbocycles. The van der Waals surface area contributed by atoms with E-state index in [1.54, 1.807) is 0 Å². The molecule has 2 saturated heterocycles. The summed E-state index contributed by atoms with van der Waals surface area (Å²) in [5, 5.41) is 12.3. The number of aryl methyl sites for hydroxylation is 1. The van der Waals surface area contributed by atoms with Crippen molar-refractivity contribution in [3.05, 3.63) is 47.0 Å². The predicted octanol–water partition coefficient (Wildman–Crippen LogP) is 3.84. The van der Waals surface area contributed by atoms with E-state index in [1.807, 2.05) is 42.2 Å². The SMILES string of the molecule is CC(C)=C1CCN(C(=O)Nc2ccc(C)c(-c3cc(OCCO)nc(N4CCOCC4)c3)c2)C1. The molecule has 0 unspecified atom stereocenters.